The highest BCUT2D eigenvalue weighted by Gasteiger charge is 2.24. The van der Waals surface area contributed by atoms with Crippen molar-refractivity contribution in [2.75, 3.05) is 0 Å². The van der Waals surface area contributed by atoms with Crippen LogP contribution in [0.4, 0.5) is 4.79 Å². The second-order valence-electron chi connectivity index (χ2n) is 8.93. The molecule has 0 saturated carbocycles. The number of hydrazine groups is 1. The number of ether oxygens (including phenoxy) is 2. The van der Waals surface area contributed by atoms with Gasteiger partial charge in [0.15, 0.2) is 0 Å². The predicted molar refractivity (Wildman–Crippen MR) is 141 cm³/mol. The highest BCUT2D eigenvalue weighted by atomic mass is 16.6. The van der Waals surface area contributed by atoms with Crippen LogP contribution in [0, 0.1) is 5.92 Å². The van der Waals surface area contributed by atoms with Gasteiger partial charge in [0, 0.05) is 11.1 Å². The van der Waals surface area contributed by atoms with Crippen molar-refractivity contribution in [2.24, 2.45) is 5.92 Å². The SMILES string of the molecule is CC(C)CC(NC(=O)c1ccccc1COC(=O)c1ccccc1)C(=O)NNC(=O)OCc1ccccc1. The van der Waals surface area contributed by atoms with Crippen molar-refractivity contribution in [3.8, 4) is 0 Å². The molecule has 3 N–H and O–H groups in total. The molecule has 0 fully saturated rings. The fraction of sp³-hybridized carbons (Fsp3) is 0.241. The van der Waals surface area contributed by atoms with Gasteiger partial charge in [-0.25, -0.2) is 15.0 Å². The minimum Gasteiger partial charge on any atom is -0.457 e. The van der Waals surface area contributed by atoms with Crippen LogP contribution in [0.15, 0.2) is 84.9 Å². The molecule has 9 nitrogen and oxygen atoms in total. The van der Waals surface area contributed by atoms with Crippen LogP contribution >= 0.6 is 0 Å². The maximum atomic E-state index is 13.1. The minimum atomic E-state index is -0.933. The molecular weight excluding hydrogens is 486 g/mol. The minimum absolute atomic E-state index is 0.0420. The molecule has 3 aromatic carbocycles. The van der Waals surface area contributed by atoms with Crippen molar-refractivity contribution in [1.29, 1.82) is 0 Å². The molecule has 0 aliphatic heterocycles. The number of hydrogen-bond acceptors (Lipinski definition) is 6. The molecule has 38 heavy (non-hydrogen) atoms. The monoisotopic (exact) mass is 517 g/mol. The number of nitrogens with one attached hydrogen (secondary N) is 3. The van der Waals surface area contributed by atoms with Crippen molar-refractivity contribution >= 4 is 23.9 Å². The molecule has 9 heteroatoms. The predicted octanol–water partition coefficient (Wildman–Crippen LogP) is 4.15. The summed E-state index contributed by atoms with van der Waals surface area (Å²) in [4.78, 5) is 50.3. The molecule has 0 spiro atoms. The molecule has 3 amide bonds. The Morgan fingerprint density at radius 2 is 1.37 bits per heavy atom. The van der Waals surface area contributed by atoms with E-state index in [0.717, 1.165) is 5.56 Å². The zero-order chi connectivity index (χ0) is 27.3. The topological polar surface area (TPSA) is 123 Å². The lowest BCUT2D eigenvalue weighted by atomic mass is 10.0. The Morgan fingerprint density at radius 3 is 2.05 bits per heavy atom. The lowest BCUT2D eigenvalue weighted by Gasteiger charge is -2.21. The Hall–Kier alpha value is -4.66. The molecular formula is C29H31N3O6. The van der Waals surface area contributed by atoms with Crippen molar-refractivity contribution in [1.82, 2.24) is 16.2 Å². The first-order valence-electron chi connectivity index (χ1n) is 12.2. The molecule has 198 valence electrons. The Balaban J connectivity index is 1.58. The maximum absolute atomic E-state index is 13.1. The van der Waals surface area contributed by atoms with Crippen LogP contribution in [0.3, 0.4) is 0 Å². The molecule has 3 rings (SSSR count). The van der Waals surface area contributed by atoms with E-state index in [1.54, 1.807) is 66.7 Å². The van der Waals surface area contributed by atoms with Crippen molar-refractivity contribution < 1.29 is 28.7 Å². The van der Waals surface area contributed by atoms with E-state index in [9.17, 15) is 19.2 Å². The van der Waals surface area contributed by atoms with Gasteiger partial charge >= 0.3 is 12.1 Å². The highest BCUT2D eigenvalue weighted by Crippen LogP contribution is 2.14. The first kappa shape index (κ1) is 27.9. The summed E-state index contributed by atoms with van der Waals surface area (Å²) in [6, 6.07) is 23.4. The molecule has 0 aromatic heterocycles. The average molecular weight is 518 g/mol. The quantitative estimate of drug-likeness (QED) is 0.274. The summed E-state index contributed by atoms with van der Waals surface area (Å²) >= 11 is 0. The fourth-order valence-electron chi connectivity index (χ4n) is 3.57. The van der Waals surface area contributed by atoms with Crippen molar-refractivity contribution in [2.45, 2.75) is 39.5 Å². The Bertz CT molecular complexity index is 1230. The van der Waals surface area contributed by atoms with E-state index in [1.807, 2.05) is 32.0 Å². The van der Waals surface area contributed by atoms with Gasteiger partial charge in [0.25, 0.3) is 11.8 Å². The van der Waals surface area contributed by atoms with Gasteiger partial charge < -0.3 is 14.8 Å². The van der Waals surface area contributed by atoms with Gasteiger partial charge in [0.1, 0.15) is 19.3 Å². The van der Waals surface area contributed by atoms with Gasteiger partial charge in [0.2, 0.25) is 0 Å². The van der Waals surface area contributed by atoms with E-state index in [1.165, 1.54) is 0 Å². The van der Waals surface area contributed by atoms with Gasteiger partial charge in [-0.2, -0.15) is 0 Å². The number of amides is 3. The van der Waals surface area contributed by atoms with Crippen LogP contribution in [0.1, 0.15) is 52.1 Å². The summed E-state index contributed by atoms with van der Waals surface area (Å²) in [6.45, 7) is 3.74. The van der Waals surface area contributed by atoms with Crippen LogP contribution in [0.5, 0.6) is 0 Å². The summed E-state index contributed by atoms with van der Waals surface area (Å²) < 4.78 is 10.5. The number of esters is 1. The third-order valence-electron chi connectivity index (χ3n) is 5.46. The summed E-state index contributed by atoms with van der Waals surface area (Å²) in [5, 5.41) is 2.72. The molecule has 0 bridgehead atoms. The Morgan fingerprint density at radius 1 is 0.737 bits per heavy atom. The van der Waals surface area contributed by atoms with Crippen LogP contribution in [0.25, 0.3) is 0 Å². The van der Waals surface area contributed by atoms with E-state index in [-0.39, 0.29) is 24.7 Å². The first-order chi connectivity index (χ1) is 18.3. The van der Waals surface area contributed by atoms with E-state index < -0.39 is 29.9 Å². The molecule has 1 unspecified atom stereocenters. The lowest BCUT2D eigenvalue weighted by Crippen LogP contribution is -2.52. The van der Waals surface area contributed by atoms with Gasteiger partial charge in [0.05, 0.1) is 5.56 Å². The third-order valence-corrected chi connectivity index (χ3v) is 5.46. The number of carbonyl (C=O) groups is 4. The number of benzene rings is 3. The van der Waals surface area contributed by atoms with Crippen LogP contribution in [-0.4, -0.2) is 29.9 Å². The van der Waals surface area contributed by atoms with E-state index in [4.69, 9.17) is 9.47 Å². The van der Waals surface area contributed by atoms with Crippen LogP contribution in [0.2, 0.25) is 0 Å². The summed E-state index contributed by atoms with van der Waals surface area (Å²) in [6.07, 6.45) is -0.508. The molecule has 1 atom stereocenters. The van der Waals surface area contributed by atoms with Gasteiger partial charge in [-0.05, 0) is 36.1 Å². The molecule has 0 aliphatic rings. The molecule has 0 saturated heterocycles. The number of rotatable bonds is 10. The van der Waals surface area contributed by atoms with E-state index in [2.05, 4.69) is 16.2 Å². The molecule has 0 radical (unpaired) electrons. The van der Waals surface area contributed by atoms with Gasteiger partial charge in [-0.3, -0.25) is 15.0 Å². The van der Waals surface area contributed by atoms with Crippen LogP contribution < -0.4 is 16.2 Å². The molecule has 3 aromatic rings. The van der Waals surface area contributed by atoms with E-state index >= 15 is 0 Å². The zero-order valence-corrected chi connectivity index (χ0v) is 21.3. The summed E-state index contributed by atoms with van der Waals surface area (Å²) in [5.41, 5.74) is 6.47. The lowest BCUT2D eigenvalue weighted by molar-refractivity contribution is -0.124. The molecule has 0 aliphatic carbocycles. The normalized spacial score (nSPS) is 11.2. The van der Waals surface area contributed by atoms with Crippen molar-refractivity contribution in [3.63, 3.8) is 0 Å². The Kier molecular flexibility index (Phi) is 10.4. The van der Waals surface area contributed by atoms with Crippen molar-refractivity contribution in [3.05, 3.63) is 107 Å². The smallest absolute Gasteiger partial charge is 0.426 e. The first-order valence-corrected chi connectivity index (χ1v) is 12.2. The van der Waals surface area contributed by atoms with Gasteiger partial charge in [-0.15, -0.1) is 0 Å². The highest BCUT2D eigenvalue weighted by molar-refractivity contribution is 5.99. The summed E-state index contributed by atoms with van der Waals surface area (Å²) in [7, 11) is 0. The van der Waals surface area contributed by atoms with E-state index in [0.29, 0.717) is 17.5 Å². The maximum Gasteiger partial charge on any atom is 0.426 e. The zero-order valence-electron chi connectivity index (χ0n) is 21.3. The van der Waals surface area contributed by atoms with Crippen LogP contribution in [-0.2, 0) is 27.5 Å². The standard InChI is InChI=1S/C29H31N3O6/c1-20(2)17-25(27(34)31-32-29(36)38-18-21-11-5-3-6-12-21)30-26(33)24-16-10-9-15-23(24)19-37-28(35)22-13-7-4-8-14-22/h3-16,20,25H,17-19H2,1-2H3,(H,30,33)(H,31,34)(H,32,36). The largest absolute Gasteiger partial charge is 0.457 e. The second-order valence-corrected chi connectivity index (χ2v) is 8.93. The van der Waals surface area contributed by atoms with Gasteiger partial charge in [-0.1, -0.05) is 80.6 Å². The third kappa shape index (κ3) is 8.77. The number of carbonyl (C=O) groups excluding carboxylic acids is 4. The second kappa shape index (κ2) is 14.2. The fourth-order valence-corrected chi connectivity index (χ4v) is 3.57. The summed E-state index contributed by atoms with van der Waals surface area (Å²) in [5.74, 6) is -1.55. The average Bonchev–Trinajstić information content (AvgIpc) is 2.94. The Labute approximate surface area is 221 Å². The number of hydrogen-bond donors (Lipinski definition) is 3. The molecule has 0 heterocycles.